The van der Waals surface area contributed by atoms with Crippen LogP contribution in [-0.4, -0.2) is 5.91 Å². The number of hydrogen-bond donors (Lipinski definition) is 1. The Morgan fingerprint density at radius 3 is 2.87 bits per heavy atom. The zero-order chi connectivity index (χ0) is 10.7. The molecular weight excluding hydrogens is 186 g/mol. The first-order chi connectivity index (χ1) is 7.27. The lowest BCUT2D eigenvalue weighted by Gasteiger charge is -2.18. The smallest absolute Gasteiger partial charge is 0.217 e. The predicted octanol–water partition coefficient (Wildman–Crippen LogP) is 1.98. The molecule has 1 aliphatic rings. The van der Waals surface area contributed by atoms with Crippen molar-refractivity contribution in [3.63, 3.8) is 0 Å². The number of nitrogens with two attached hydrogens (primary N) is 1. The van der Waals surface area contributed by atoms with Gasteiger partial charge in [-0.15, -0.1) is 0 Å². The normalized spacial score (nSPS) is 14.7. The summed E-state index contributed by atoms with van der Waals surface area (Å²) in [5.41, 5.74) is 9.45. The molecule has 1 amide bonds. The maximum atomic E-state index is 10.8. The van der Waals surface area contributed by atoms with Gasteiger partial charge in [-0.25, -0.2) is 0 Å². The van der Waals surface area contributed by atoms with Crippen LogP contribution in [0.15, 0.2) is 18.2 Å². The average Bonchev–Trinajstić information content (AvgIpc) is 2.26. The molecule has 0 saturated carbocycles. The Balaban J connectivity index is 2.19. The largest absolute Gasteiger partial charge is 0.370 e. The van der Waals surface area contributed by atoms with Gasteiger partial charge in [0.05, 0.1) is 0 Å². The molecule has 0 fully saturated rings. The first-order valence-corrected chi connectivity index (χ1v) is 5.65. The van der Waals surface area contributed by atoms with Crippen molar-refractivity contribution in [1.29, 1.82) is 0 Å². The van der Waals surface area contributed by atoms with Crippen molar-refractivity contribution in [1.82, 2.24) is 0 Å². The van der Waals surface area contributed by atoms with Gasteiger partial charge in [-0.05, 0) is 48.8 Å². The molecule has 15 heavy (non-hydrogen) atoms. The lowest BCUT2D eigenvalue weighted by molar-refractivity contribution is -0.117. The summed E-state index contributed by atoms with van der Waals surface area (Å²) in [6.07, 6.45) is 6.21. The summed E-state index contributed by atoms with van der Waals surface area (Å²) >= 11 is 0. The molecule has 80 valence electrons. The molecule has 2 nitrogen and oxygen atoms in total. The zero-order valence-corrected chi connectivity index (χ0v) is 8.96. The third kappa shape index (κ3) is 2.38. The number of carbonyl (C=O) groups is 1. The van der Waals surface area contributed by atoms with Crippen molar-refractivity contribution in [2.45, 2.75) is 38.5 Å². The molecule has 0 aliphatic heterocycles. The van der Waals surface area contributed by atoms with Crippen LogP contribution in [0, 0.1) is 0 Å². The van der Waals surface area contributed by atoms with Gasteiger partial charge in [0.15, 0.2) is 0 Å². The molecule has 0 saturated heterocycles. The van der Waals surface area contributed by atoms with Crippen molar-refractivity contribution in [2.24, 2.45) is 5.73 Å². The van der Waals surface area contributed by atoms with Gasteiger partial charge >= 0.3 is 0 Å². The van der Waals surface area contributed by atoms with E-state index < -0.39 is 0 Å². The summed E-state index contributed by atoms with van der Waals surface area (Å²) < 4.78 is 0. The summed E-state index contributed by atoms with van der Waals surface area (Å²) in [7, 11) is 0. The zero-order valence-electron chi connectivity index (χ0n) is 8.96. The summed E-state index contributed by atoms with van der Waals surface area (Å²) in [6, 6.07) is 6.44. The Hall–Kier alpha value is -1.31. The van der Waals surface area contributed by atoms with Crippen LogP contribution in [0.3, 0.4) is 0 Å². The molecule has 0 unspecified atom stereocenters. The van der Waals surface area contributed by atoms with E-state index in [4.69, 9.17) is 5.73 Å². The van der Waals surface area contributed by atoms with Crippen LogP contribution in [0.4, 0.5) is 0 Å². The van der Waals surface area contributed by atoms with E-state index in [0.717, 1.165) is 6.42 Å². The Morgan fingerprint density at radius 2 is 2.07 bits per heavy atom. The van der Waals surface area contributed by atoms with E-state index >= 15 is 0 Å². The maximum Gasteiger partial charge on any atom is 0.217 e. The summed E-state index contributed by atoms with van der Waals surface area (Å²) in [5, 5.41) is 0. The monoisotopic (exact) mass is 203 g/mol. The molecule has 1 aromatic rings. The van der Waals surface area contributed by atoms with E-state index in [1.165, 1.54) is 42.4 Å². The minimum atomic E-state index is -0.205. The molecule has 2 heteroatoms. The first-order valence-electron chi connectivity index (χ1n) is 5.65. The highest BCUT2D eigenvalue weighted by molar-refractivity contribution is 5.74. The molecule has 0 heterocycles. The average molecular weight is 203 g/mol. The van der Waals surface area contributed by atoms with Crippen LogP contribution in [0.5, 0.6) is 0 Å². The molecule has 2 rings (SSSR count). The van der Waals surface area contributed by atoms with Crippen molar-refractivity contribution in [2.75, 3.05) is 0 Å². The number of aryl methyl sites for hydroxylation is 2. The van der Waals surface area contributed by atoms with Crippen LogP contribution in [0.2, 0.25) is 0 Å². The molecule has 0 radical (unpaired) electrons. The van der Waals surface area contributed by atoms with E-state index in [2.05, 4.69) is 18.2 Å². The number of primary amides is 1. The second-order valence-corrected chi connectivity index (χ2v) is 4.23. The second kappa shape index (κ2) is 4.47. The van der Waals surface area contributed by atoms with Gasteiger partial charge in [0, 0.05) is 6.42 Å². The number of hydrogen-bond acceptors (Lipinski definition) is 1. The SMILES string of the molecule is NC(=O)CCc1cccc2c1CCCC2. The standard InChI is InChI=1S/C13H17NO/c14-13(15)9-8-11-6-3-5-10-4-1-2-7-12(10)11/h3,5-6H,1-2,4,7-9H2,(H2,14,15). The minimum absolute atomic E-state index is 0.205. The Kier molecular flexibility index (Phi) is 3.05. The highest BCUT2D eigenvalue weighted by Crippen LogP contribution is 2.25. The van der Waals surface area contributed by atoms with E-state index in [1.807, 2.05) is 0 Å². The lowest BCUT2D eigenvalue weighted by atomic mass is 9.87. The molecule has 1 aromatic carbocycles. The Morgan fingerprint density at radius 1 is 1.27 bits per heavy atom. The molecule has 2 N–H and O–H groups in total. The van der Waals surface area contributed by atoms with Crippen molar-refractivity contribution >= 4 is 5.91 Å². The van der Waals surface area contributed by atoms with Gasteiger partial charge in [-0.2, -0.15) is 0 Å². The molecular formula is C13H17NO. The minimum Gasteiger partial charge on any atom is -0.370 e. The fourth-order valence-electron chi connectivity index (χ4n) is 2.35. The number of amides is 1. The van der Waals surface area contributed by atoms with Gasteiger partial charge < -0.3 is 5.73 Å². The van der Waals surface area contributed by atoms with Gasteiger partial charge in [-0.1, -0.05) is 18.2 Å². The van der Waals surface area contributed by atoms with Crippen LogP contribution < -0.4 is 5.73 Å². The topological polar surface area (TPSA) is 43.1 Å². The van der Waals surface area contributed by atoms with Crippen molar-refractivity contribution < 1.29 is 4.79 Å². The highest BCUT2D eigenvalue weighted by atomic mass is 16.1. The predicted molar refractivity (Wildman–Crippen MR) is 60.6 cm³/mol. The molecule has 0 aromatic heterocycles. The third-order valence-electron chi connectivity index (χ3n) is 3.13. The summed E-state index contributed by atoms with van der Waals surface area (Å²) in [4.78, 5) is 10.8. The lowest BCUT2D eigenvalue weighted by Crippen LogP contribution is -2.13. The fraction of sp³-hybridized carbons (Fsp3) is 0.462. The number of carbonyl (C=O) groups excluding carboxylic acids is 1. The molecule has 0 bridgehead atoms. The molecule has 0 atom stereocenters. The van der Waals surface area contributed by atoms with E-state index in [9.17, 15) is 4.79 Å². The highest BCUT2D eigenvalue weighted by Gasteiger charge is 2.12. The van der Waals surface area contributed by atoms with E-state index in [1.54, 1.807) is 0 Å². The summed E-state index contributed by atoms with van der Waals surface area (Å²) in [6.45, 7) is 0. The molecule has 1 aliphatic carbocycles. The van der Waals surface area contributed by atoms with Gasteiger partial charge in [0.2, 0.25) is 5.91 Å². The van der Waals surface area contributed by atoms with Gasteiger partial charge in [-0.3, -0.25) is 4.79 Å². The van der Waals surface area contributed by atoms with Gasteiger partial charge in [0.25, 0.3) is 0 Å². The second-order valence-electron chi connectivity index (χ2n) is 4.23. The quantitative estimate of drug-likeness (QED) is 0.802. The fourth-order valence-corrected chi connectivity index (χ4v) is 2.35. The summed E-state index contributed by atoms with van der Waals surface area (Å²) in [5.74, 6) is -0.205. The van der Waals surface area contributed by atoms with Crippen molar-refractivity contribution in [3.05, 3.63) is 34.9 Å². The van der Waals surface area contributed by atoms with Crippen LogP contribution in [0.25, 0.3) is 0 Å². The first kappa shape index (κ1) is 10.2. The maximum absolute atomic E-state index is 10.8. The Bertz CT molecular complexity index is 371. The number of benzene rings is 1. The Labute approximate surface area is 90.5 Å². The number of rotatable bonds is 3. The van der Waals surface area contributed by atoms with Crippen LogP contribution >= 0.6 is 0 Å². The van der Waals surface area contributed by atoms with E-state index in [-0.39, 0.29) is 5.91 Å². The van der Waals surface area contributed by atoms with Gasteiger partial charge in [0.1, 0.15) is 0 Å². The van der Waals surface area contributed by atoms with Crippen LogP contribution in [0.1, 0.15) is 36.0 Å². The van der Waals surface area contributed by atoms with E-state index in [0.29, 0.717) is 6.42 Å². The molecule has 0 spiro atoms. The van der Waals surface area contributed by atoms with Crippen molar-refractivity contribution in [3.8, 4) is 0 Å². The number of fused-ring (bicyclic) bond motifs is 1. The van der Waals surface area contributed by atoms with Crippen LogP contribution in [-0.2, 0) is 24.1 Å². The third-order valence-corrected chi connectivity index (χ3v) is 3.13.